The maximum Gasteiger partial charge on any atom is 0.246 e. The second-order valence-electron chi connectivity index (χ2n) is 2.76. The smallest absolute Gasteiger partial charge is 0.246 e. The average molecular weight is 250 g/mol. The van der Waals surface area contributed by atoms with Gasteiger partial charge in [-0.3, -0.25) is 4.72 Å². The molecule has 0 atom stereocenters. The van der Waals surface area contributed by atoms with Gasteiger partial charge in [0, 0.05) is 0 Å². The highest BCUT2D eigenvalue weighted by Crippen LogP contribution is 2.24. The van der Waals surface area contributed by atoms with E-state index in [1.807, 2.05) is 6.92 Å². The Bertz CT molecular complexity index is 419. The third-order valence-corrected chi connectivity index (χ3v) is 3.28. The van der Waals surface area contributed by atoms with Crippen molar-refractivity contribution in [2.24, 2.45) is 0 Å². The van der Waals surface area contributed by atoms with Crippen LogP contribution in [0.25, 0.3) is 0 Å². The molecule has 0 aromatic heterocycles. The van der Waals surface area contributed by atoms with Crippen molar-refractivity contribution in [2.45, 2.75) is 6.92 Å². The van der Waals surface area contributed by atoms with Crippen LogP contribution in [0.1, 0.15) is 6.92 Å². The van der Waals surface area contributed by atoms with Crippen LogP contribution in [0.2, 0.25) is 0 Å². The van der Waals surface area contributed by atoms with Gasteiger partial charge in [0.05, 0.1) is 12.3 Å². The first-order chi connectivity index (χ1) is 7.09. The molecule has 0 aliphatic rings. The Balaban J connectivity index is 2.94. The van der Waals surface area contributed by atoms with Crippen molar-refractivity contribution in [2.75, 3.05) is 16.5 Å². The number of sulfonamides is 1. The van der Waals surface area contributed by atoms with Gasteiger partial charge in [0.25, 0.3) is 0 Å². The molecule has 0 radical (unpaired) electrons. The third-order valence-electron chi connectivity index (χ3n) is 1.60. The van der Waals surface area contributed by atoms with Crippen LogP contribution in [0, 0.1) is 0 Å². The molecule has 0 saturated carbocycles. The number of hydrogen-bond acceptors (Lipinski definition) is 3. The Kier molecular flexibility index (Phi) is 4.23. The van der Waals surface area contributed by atoms with Crippen LogP contribution < -0.4 is 9.46 Å². The zero-order valence-electron chi connectivity index (χ0n) is 8.23. The summed E-state index contributed by atoms with van der Waals surface area (Å²) in [5.41, 5.74) is 0.403. The maximum atomic E-state index is 11.2. The lowest BCUT2D eigenvalue weighted by atomic mass is 10.3. The summed E-state index contributed by atoms with van der Waals surface area (Å²) in [5.74, 6) is 0.494. The van der Waals surface area contributed by atoms with Crippen molar-refractivity contribution in [1.29, 1.82) is 0 Å². The zero-order valence-corrected chi connectivity index (χ0v) is 9.81. The molecule has 84 valence electrons. The van der Waals surface area contributed by atoms with E-state index in [-0.39, 0.29) is 0 Å². The van der Waals surface area contributed by atoms with Gasteiger partial charge < -0.3 is 4.74 Å². The van der Waals surface area contributed by atoms with Gasteiger partial charge in [-0.15, -0.1) is 11.6 Å². The molecule has 0 spiro atoms. The number of rotatable bonds is 5. The van der Waals surface area contributed by atoms with E-state index in [1.54, 1.807) is 24.3 Å². The minimum Gasteiger partial charge on any atom is -0.492 e. The topological polar surface area (TPSA) is 55.4 Å². The maximum absolute atomic E-state index is 11.2. The van der Waals surface area contributed by atoms with Crippen LogP contribution in [0.3, 0.4) is 0 Å². The molecule has 1 N–H and O–H groups in total. The molecular weight excluding hydrogens is 238 g/mol. The molecule has 6 heteroatoms. The number of ether oxygens (including phenoxy) is 1. The Morgan fingerprint density at radius 2 is 2.07 bits per heavy atom. The number of anilines is 1. The summed E-state index contributed by atoms with van der Waals surface area (Å²) in [4.78, 5) is 0. The summed E-state index contributed by atoms with van der Waals surface area (Å²) in [6, 6.07) is 6.79. The van der Waals surface area contributed by atoms with Gasteiger partial charge in [0.1, 0.15) is 11.0 Å². The second-order valence-corrected chi connectivity index (χ2v) is 5.06. The fourth-order valence-corrected chi connectivity index (χ4v) is 1.75. The minimum atomic E-state index is -3.48. The number of halogens is 1. The highest BCUT2D eigenvalue weighted by molar-refractivity contribution is 7.93. The molecular formula is C9H12ClNO3S. The summed E-state index contributed by atoms with van der Waals surface area (Å²) in [6.45, 7) is 2.30. The standard InChI is InChI=1S/C9H12ClNO3S/c1-2-14-9-6-4-3-5-8(9)11-15(12,13)7-10/h3-6,11H,2,7H2,1H3. The van der Waals surface area contributed by atoms with Gasteiger partial charge in [-0.25, -0.2) is 8.42 Å². The molecule has 15 heavy (non-hydrogen) atoms. The van der Waals surface area contributed by atoms with Crippen molar-refractivity contribution in [3.63, 3.8) is 0 Å². The number of hydrogen-bond donors (Lipinski definition) is 1. The second kappa shape index (κ2) is 5.23. The molecule has 0 bridgehead atoms. The van der Waals surface area contributed by atoms with Crippen molar-refractivity contribution in [3.05, 3.63) is 24.3 Å². The molecule has 4 nitrogen and oxygen atoms in total. The van der Waals surface area contributed by atoms with Crippen LogP contribution in [-0.4, -0.2) is 20.2 Å². The van der Waals surface area contributed by atoms with Crippen LogP contribution in [-0.2, 0) is 10.0 Å². The van der Waals surface area contributed by atoms with Crippen molar-refractivity contribution >= 4 is 27.3 Å². The fourth-order valence-electron chi connectivity index (χ4n) is 1.03. The first-order valence-corrected chi connectivity index (χ1v) is 6.56. The summed E-state index contributed by atoms with van der Waals surface area (Å²) in [7, 11) is -3.48. The number of alkyl halides is 1. The summed E-state index contributed by atoms with van der Waals surface area (Å²) in [5, 5.41) is -0.479. The van der Waals surface area contributed by atoms with E-state index < -0.39 is 15.2 Å². The Labute approximate surface area is 94.3 Å². The lowest BCUT2D eigenvalue weighted by Gasteiger charge is -2.10. The highest BCUT2D eigenvalue weighted by atomic mass is 35.5. The fraction of sp³-hybridized carbons (Fsp3) is 0.333. The van der Waals surface area contributed by atoms with E-state index in [0.29, 0.717) is 18.0 Å². The van der Waals surface area contributed by atoms with E-state index in [2.05, 4.69) is 4.72 Å². The largest absolute Gasteiger partial charge is 0.492 e. The molecule has 0 amide bonds. The molecule has 0 heterocycles. The zero-order chi connectivity index (χ0) is 11.3. The SMILES string of the molecule is CCOc1ccccc1NS(=O)(=O)CCl. The predicted octanol–water partition coefficient (Wildman–Crippen LogP) is 2.02. The third kappa shape index (κ3) is 3.60. The van der Waals surface area contributed by atoms with Crippen LogP contribution in [0.5, 0.6) is 5.75 Å². The van der Waals surface area contributed by atoms with Gasteiger partial charge >= 0.3 is 0 Å². The summed E-state index contributed by atoms with van der Waals surface area (Å²) < 4.78 is 30.0. The van der Waals surface area contributed by atoms with Crippen LogP contribution >= 0.6 is 11.6 Å². The molecule has 1 rings (SSSR count). The number of para-hydroxylation sites is 2. The Hall–Kier alpha value is -0.940. The molecule has 0 aliphatic heterocycles. The van der Waals surface area contributed by atoms with Crippen LogP contribution in [0.15, 0.2) is 24.3 Å². The normalized spacial score (nSPS) is 11.1. The molecule has 0 fully saturated rings. The van der Waals surface area contributed by atoms with E-state index in [0.717, 1.165) is 0 Å². The number of benzene rings is 1. The van der Waals surface area contributed by atoms with Crippen molar-refractivity contribution in [1.82, 2.24) is 0 Å². The molecule has 1 aromatic rings. The summed E-state index contributed by atoms with van der Waals surface area (Å²) >= 11 is 5.28. The van der Waals surface area contributed by atoms with E-state index in [1.165, 1.54) is 0 Å². The van der Waals surface area contributed by atoms with Gasteiger partial charge in [0.2, 0.25) is 10.0 Å². The van der Waals surface area contributed by atoms with Crippen molar-refractivity contribution in [3.8, 4) is 5.75 Å². The monoisotopic (exact) mass is 249 g/mol. The Morgan fingerprint density at radius 1 is 1.40 bits per heavy atom. The average Bonchev–Trinajstić information content (AvgIpc) is 2.21. The molecule has 0 saturated heterocycles. The lowest BCUT2D eigenvalue weighted by molar-refractivity contribution is 0.342. The van der Waals surface area contributed by atoms with Gasteiger partial charge in [-0.05, 0) is 19.1 Å². The van der Waals surface area contributed by atoms with E-state index >= 15 is 0 Å². The molecule has 0 unspecified atom stereocenters. The first kappa shape index (κ1) is 12.1. The van der Waals surface area contributed by atoms with Crippen LogP contribution in [0.4, 0.5) is 5.69 Å². The first-order valence-electron chi connectivity index (χ1n) is 4.37. The molecule has 1 aromatic carbocycles. The quantitative estimate of drug-likeness (QED) is 0.813. The van der Waals surface area contributed by atoms with E-state index in [9.17, 15) is 8.42 Å². The lowest BCUT2D eigenvalue weighted by Crippen LogP contribution is -2.14. The highest BCUT2D eigenvalue weighted by Gasteiger charge is 2.11. The predicted molar refractivity (Wildman–Crippen MR) is 60.9 cm³/mol. The number of nitrogens with one attached hydrogen (secondary N) is 1. The summed E-state index contributed by atoms with van der Waals surface area (Å²) in [6.07, 6.45) is 0. The van der Waals surface area contributed by atoms with Gasteiger partial charge in [-0.2, -0.15) is 0 Å². The Morgan fingerprint density at radius 3 is 2.67 bits per heavy atom. The van der Waals surface area contributed by atoms with Gasteiger partial charge in [0.15, 0.2) is 0 Å². The van der Waals surface area contributed by atoms with Crippen molar-refractivity contribution < 1.29 is 13.2 Å². The van der Waals surface area contributed by atoms with Gasteiger partial charge in [-0.1, -0.05) is 12.1 Å². The van der Waals surface area contributed by atoms with E-state index in [4.69, 9.17) is 16.3 Å². The minimum absolute atomic E-state index is 0.403. The molecule has 0 aliphatic carbocycles.